The molecule has 1 radical (unpaired) electrons. The zero-order chi connectivity index (χ0) is 7.07. The van der Waals surface area contributed by atoms with Gasteiger partial charge in [-0.05, 0) is 32.1 Å². The molecule has 1 rings (SSSR count). The second-order valence-electron chi connectivity index (χ2n) is 2.99. The highest BCUT2D eigenvalue weighted by Crippen LogP contribution is 2.10. The molecule has 0 nitrogen and oxygen atoms in total. The maximum Gasteiger partial charge on any atom is -0.0319 e. The third-order valence-electron chi connectivity index (χ3n) is 2.00. The Morgan fingerprint density at radius 2 is 1.50 bits per heavy atom. The minimum absolute atomic E-state index is 1.19. The zero-order valence-corrected chi connectivity index (χ0v) is 6.68. The minimum Gasteiger partial charge on any atom is -0.0885 e. The van der Waals surface area contributed by atoms with Crippen LogP contribution in [0.5, 0.6) is 0 Å². The Morgan fingerprint density at radius 3 is 2.40 bits per heavy atom. The molecule has 0 saturated carbocycles. The predicted octanol–water partition coefficient (Wildman–Crippen LogP) is 3.49. The molecule has 0 aromatic rings. The standard InChI is InChI=1S/C10H17/c1-2-4-6-8-10-9-7-5-3-1/h1-2,5H,3-4,6-10H2/b2-1-. The molecule has 0 spiro atoms. The molecular formula is C10H17. The molecule has 0 aromatic carbocycles. The van der Waals surface area contributed by atoms with Gasteiger partial charge in [-0.2, -0.15) is 0 Å². The fourth-order valence-corrected chi connectivity index (χ4v) is 1.33. The van der Waals surface area contributed by atoms with Crippen LogP contribution in [0.4, 0.5) is 0 Å². The van der Waals surface area contributed by atoms with Crippen LogP contribution in [0.1, 0.15) is 44.9 Å². The number of hydrogen-bond acceptors (Lipinski definition) is 0. The molecule has 0 heterocycles. The van der Waals surface area contributed by atoms with E-state index in [1.54, 1.807) is 0 Å². The van der Waals surface area contributed by atoms with Crippen molar-refractivity contribution in [2.75, 3.05) is 0 Å². The Kier molecular flexibility index (Phi) is 4.33. The summed E-state index contributed by atoms with van der Waals surface area (Å²) in [6, 6.07) is 0. The van der Waals surface area contributed by atoms with E-state index in [0.29, 0.717) is 0 Å². The highest BCUT2D eigenvalue weighted by atomic mass is 14.0. The Hall–Kier alpha value is -0.260. The van der Waals surface area contributed by atoms with Gasteiger partial charge in [0.15, 0.2) is 0 Å². The normalized spacial score (nSPS) is 25.6. The zero-order valence-electron chi connectivity index (χ0n) is 6.68. The van der Waals surface area contributed by atoms with Crippen molar-refractivity contribution in [3.05, 3.63) is 18.6 Å². The van der Waals surface area contributed by atoms with Gasteiger partial charge in [-0.25, -0.2) is 0 Å². The van der Waals surface area contributed by atoms with Crippen molar-refractivity contribution in [1.82, 2.24) is 0 Å². The maximum absolute atomic E-state index is 2.39. The van der Waals surface area contributed by atoms with Crippen LogP contribution in [0.2, 0.25) is 0 Å². The summed E-state index contributed by atoms with van der Waals surface area (Å²) in [4.78, 5) is 0. The summed E-state index contributed by atoms with van der Waals surface area (Å²) in [6.45, 7) is 0. The van der Waals surface area contributed by atoms with Crippen LogP contribution in [-0.4, -0.2) is 0 Å². The third kappa shape index (κ3) is 3.71. The van der Waals surface area contributed by atoms with Crippen LogP contribution in [0.15, 0.2) is 12.2 Å². The molecule has 0 amide bonds. The van der Waals surface area contributed by atoms with Gasteiger partial charge in [0.2, 0.25) is 0 Å². The van der Waals surface area contributed by atoms with E-state index in [2.05, 4.69) is 18.6 Å². The van der Waals surface area contributed by atoms with Gasteiger partial charge in [-0.1, -0.05) is 31.4 Å². The van der Waals surface area contributed by atoms with E-state index in [-0.39, 0.29) is 0 Å². The summed E-state index contributed by atoms with van der Waals surface area (Å²) in [6.07, 6.45) is 16.5. The summed E-state index contributed by atoms with van der Waals surface area (Å²) in [5, 5.41) is 0. The molecule has 0 N–H and O–H groups in total. The lowest BCUT2D eigenvalue weighted by atomic mass is 10.1. The van der Waals surface area contributed by atoms with Crippen LogP contribution < -0.4 is 0 Å². The van der Waals surface area contributed by atoms with E-state index in [0.717, 1.165) is 0 Å². The Labute approximate surface area is 64.3 Å². The van der Waals surface area contributed by atoms with Gasteiger partial charge < -0.3 is 0 Å². The van der Waals surface area contributed by atoms with Gasteiger partial charge in [0.25, 0.3) is 0 Å². The van der Waals surface area contributed by atoms with Crippen LogP contribution in [0.25, 0.3) is 0 Å². The Balaban J connectivity index is 2.13. The van der Waals surface area contributed by atoms with Crippen LogP contribution in [0.3, 0.4) is 0 Å². The van der Waals surface area contributed by atoms with Crippen molar-refractivity contribution in [2.24, 2.45) is 0 Å². The molecule has 0 aromatic heterocycles. The molecule has 0 unspecified atom stereocenters. The molecule has 10 heavy (non-hydrogen) atoms. The van der Waals surface area contributed by atoms with Gasteiger partial charge in [-0.15, -0.1) is 0 Å². The van der Waals surface area contributed by atoms with Crippen LogP contribution in [-0.2, 0) is 0 Å². The fraction of sp³-hybridized carbons (Fsp3) is 0.700. The topological polar surface area (TPSA) is 0 Å². The monoisotopic (exact) mass is 137 g/mol. The second kappa shape index (κ2) is 5.52. The van der Waals surface area contributed by atoms with Crippen molar-refractivity contribution < 1.29 is 0 Å². The third-order valence-corrected chi connectivity index (χ3v) is 2.00. The summed E-state index contributed by atoms with van der Waals surface area (Å²) in [5.74, 6) is 0. The second-order valence-corrected chi connectivity index (χ2v) is 2.99. The average molecular weight is 137 g/mol. The van der Waals surface area contributed by atoms with E-state index in [1.165, 1.54) is 44.9 Å². The molecule has 0 bridgehead atoms. The molecule has 0 fully saturated rings. The lowest BCUT2D eigenvalue weighted by molar-refractivity contribution is 0.634. The first kappa shape index (κ1) is 7.84. The first-order valence-corrected chi connectivity index (χ1v) is 4.47. The highest BCUT2D eigenvalue weighted by molar-refractivity contribution is 4.87. The van der Waals surface area contributed by atoms with Crippen LogP contribution in [0, 0.1) is 6.42 Å². The maximum atomic E-state index is 2.39. The van der Waals surface area contributed by atoms with E-state index >= 15 is 0 Å². The summed E-state index contributed by atoms with van der Waals surface area (Å²) in [5.41, 5.74) is 0. The van der Waals surface area contributed by atoms with Crippen molar-refractivity contribution in [1.29, 1.82) is 0 Å². The Morgan fingerprint density at radius 1 is 0.700 bits per heavy atom. The van der Waals surface area contributed by atoms with E-state index in [1.807, 2.05) is 0 Å². The number of allylic oxidation sites excluding steroid dienone is 2. The lowest BCUT2D eigenvalue weighted by Gasteiger charge is -2.01. The van der Waals surface area contributed by atoms with Crippen molar-refractivity contribution >= 4 is 0 Å². The van der Waals surface area contributed by atoms with Crippen LogP contribution >= 0.6 is 0 Å². The molecule has 1 aliphatic rings. The summed E-state index contributed by atoms with van der Waals surface area (Å²) < 4.78 is 0. The SMILES string of the molecule is [CH]1C/C=C\CCCCCC1. The number of rotatable bonds is 0. The molecule has 0 atom stereocenters. The van der Waals surface area contributed by atoms with Crippen molar-refractivity contribution in [2.45, 2.75) is 44.9 Å². The molecule has 0 heteroatoms. The largest absolute Gasteiger partial charge is 0.0885 e. The van der Waals surface area contributed by atoms with Gasteiger partial charge in [-0.3, -0.25) is 0 Å². The minimum atomic E-state index is 1.19. The first-order valence-electron chi connectivity index (χ1n) is 4.47. The number of hydrogen-bond donors (Lipinski definition) is 0. The molecule has 1 aliphatic carbocycles. The molecule has 0 aliphatic heterocycles. The van der Waals surface area contributed by atoms with Gasteiger partial charge in [0.1, 0.15) is 0 Å². The van der Waals surface area contributed by atoms with Gasteiger partial charge in [0, 0.05) is 0 Å². The summed E-state index contributed by atoms with van der Waals surface area (Å²) >= 11 is 0. The quantitative estimate of drug-likeness (QED) is 0.448. The van der Waals surface area contributed by atoms with Gasteiger partial charge >= 0.3 is 0 Å². The Bertz CT molecular complexity index is 80.2. The smallest absolute Gasteiger partial charge is 0.0319 e. The average Bonchev–Trinajstić information content (AvgIpc) is 2.01. The molecule has 57 valence electrons. The fourth-order valence-electron chi connectivity index (χ4n) is 1.33. The lowest BCUT2D eigenvalue weighted by Crippen LogP contribution is -1.82. The summed E-state index contributed by atoms with van der Waals surface area (Å²) in [7, 11) is 0. The highest BCUT2D eigenvalue weighted by Gasteiger charge is 1.91. The molecule has 0 saturated heterocycles. The van der Waals surface area contributed by atoms with E-state index in [9.17, 15) is 0 Å². The molecular weight excluding hydrogens is 120 g/mol. The van der Waals surface area contributed by atoms with Crippen molar-refractivity contribution in [3.8, 4) is 0 Å². The first-order chi connectivity index (χ1) is 5.00. The van der Waals surface area contributed by atoms with E-state index < -0.39 is 0 Å². The van der Waals surface area contributed by atoms with E-state index in [4.69, 9.17) is 0 Å². The van der Waals surface area contributed by atoms with Gasteiger partial charge in [0.05, 0.1) is 0 Å². The predicted molar refractivity (Wildman–Crippen MR) is 45.8 cm³/mol. The van der Waals surface area contributed by atoms with Crippen molar-refractivity contribution in [3.63, 3.8) is 0 Å².